The van der Waals surface area contributed by atoms with Gasteiger partial charge in [0.1, 0.15) is 10.8 Å². The first-order valence-corrected chi connectivity index (χ1v) is 12.6. The summed E-state index contributed by atoms with van der Waals surface area (Å²) < 4.78 is 10.9. The van der Waals surface area contributed by atoms with E-state index in [2.05, 4.69) is 11.1 Å². The number of rotatable bonds is 8. The SMILES string of the molecule is COc1ccc(-c2cc(CSc3ncccc3O)c(-c3ccc(C(C)(C)O)cc3)s2)cc1OC. The van der Waals surface area contributed by atoms with Gasteiger partial charge < -0.3 is 19.7 Å². The number of pyridine rings is 1. The predicted molar refractivity (Wildman–Crippen MR) is 139 cm³/mol. The number of methoxy groups -OCH3 is 2. The van der Waals surface area contributed by atoms with Crippen LogP contribution in [0.15, 0.2) is 71.9 Å². The first-order chi connectivity index (χ1) is 16.3. The highest BCUT2D eigenvalue weighted by atomic mass is 32.2. The van der Waals surface area contributed by atoms with Crippen molar-refractivity contribution in [2.45, 2.75) is 30.2 Å². The summed E-state index contributed by atoms with van der Waals surface area (Å²) in [6, 6.07) is 19.5. The Balaban J connectivity index is 1.74. The van der Waals surface area contributed by atoms with Crippen LogP contribution in [-0.2, 0) is 11.4 Å². The number of aliphatic hydroxyl groups is 1. The lowest BCUT2D eigenvalue weighted by Crippen LogP contribution is -2.14. The van der Waals surface area contributed by atoms with E-state index in [0.717, 1.165) is 32.0 Å². The third-order valence-corrected chi connectivity index (χ3v) is 7.76. The van der Waals surface area contributed by atoms with E-state index in [9.17, 15) is 10.2 Å². The van der Waals surface area contributed by atoms with E-state index in [4.69, 9.17) is 9.47 Å². The normalized spacial score (nSPS) is 11.4. The summed E-state index contributed by atoms with van der Waals surface area (Å²) in [5.41, 5.74) is 3.22. The number of hydrogen-bond donors (Lipinski definition) is 2. The Morgan fingerprint density at radius 3 is 2.29 bits per heavy atom. The van der Waals surface area contributed by atoms with Gasteiger partial charge in [0.15, 0.2) is 11.5 Å². The molecule has 0 bridgehead atoms. The van der Waals surface area contributed by atoms with Crippen molar-refractivity contribution in [3.63, 3.8) is 0 Å². The molecule has 0 spiro atoms. The van der Waals surface area contributed by atoms with Crippen molar-refractivity contribution < 1.29 is 19.7 Å². The van der Waals surface area contributed by atoms with Gasteiger partial charge in [-0.1, -0.05) is 36.0 Å². The van der Waals surface area contributed by atoms with Crippen LogP contribution in [0.2, 0.25) is 0 Å². The number of aromatic hydroxyl groups is 1. The highest BCUT2D eigenvalue weighted by Gasteiger charge is 2.18. The minimum atomic E-state index is -0.895. The summed E-state index contributed by atoms with van der Waals surface area (Å²) >= 11 is 3.20. The lowest BCUT2D eigenvalue weighted by atomic mass is 9.97. The first-order valence-electron chi connectivity index (χ1n) is 10.8. The number of aromatic nitrogens is 1. The Bertz CT molecular complexity index is 1280. The number of ether oxygens (including phenoxy) is 2. The maximum atomic E-state index is 10.3. The zero-order chi connectivity index (χ0) is 24.3. The van der Waals surface area contributed by atoms with Crippen LogP contribution < -0.4 is 9.47 Å². The van der Waals surface area contributed by atoms with Crippen LogP contribution in [0, 0.1) is 0 Å². The lowest BCUT2D eigenvalue weighted by Gasteiger charge is -2.18. The van der Waals surface area contributed by atoms with Gasteiger partial charge in [-0.3, -0.25) is 0 Å². The fourth-order valence-corrected chi connectivity index (χ4v) is 5.73. The number of hydrogen-bond acceptors (Lipinski definition) is 7. The van der Waals surface area contributed by atoms with Crippen LogP contribution in [0.25, 0.3) is 20.9 Å². The quantitative estimate of drug-likeness (QED) is 0.266. The monoisotopic (exact) mass is 493 g/mol. The Labute approximate surface area is 208 Å². The summed E-state index contributed by atoms with van der Waals surface area (Å²) in [5, 5.41) is 21.1. The molecule has 0 radical (unpaired) electrons. The van der Waals surface area contributed by atoms with Crippen LogP contribution >= 0.6 is 23.1 Å². The minimum absolute atomic E-state index is 0.180. The van der Waals surface area contributed by atoms with Crippen molar-refractivity contribution in [1.29, 1.82) is 0 Å². The Kier molecular flexibility index (Phi) is 7.16. The number of nitrogens with zero attached hydrogens (tertiary/aromatic N) is 1. The summed E-state index contributed by atoms with van der Waals surface area (Å²) in [7, 11) is 3.26. The molecule has 176 valence electrons. The van der Waals surface area contributed by atoms with Crippen molar-refractivity contribution in [2.24, 2.45) is 0 Å². The molecule has 0 saturated heterocycles. The second-order valence-electron chi connectivity index (χ2n) is 8.29. The van der Waals surface area contributed by atoms with Gasteiger partial charge in [-0.2, -0.15) is 0 Å². The molecule has 2 N–H and O–H groups in total. The van der Waals surface area contributed by atoms with Crippen molar-refractivity contribution in [2.75, 3.05) is 14.2 Å². The van der Waals surface area contributed by atoms with Crippen LogP contribution in [0.5, 0.6) is 17.2 Å². The van der Waals surface area contributed by atoms with Gasteiger partial charge >= 0.3 is 0 Å². The molecule has 0 unspecified atom stereocenters. The molecule has 5 nitrogen and oxygen atoms in total. The number of benzene rings is 2. The molecule has 2 heterocycles. The van der Waals surface area contributed by atoms with Crippen molar-refractivity contribution in [1.82, 2.24) is 4.98 Å². The lowest BCUT2D eigenvalue weighted by molar-refractivity contribution is 0.0786. The first kappa shape index (κ1) is 24.1. The molecule has 7 heteroatoms. The maximum Gasteiger partial charge on any atom is 0.161 e. The van der Waals surface area contributed by atoms with Crippen LogP contribution in [0.1, 0.15) is 25.0 Å². The van der Waals surface area contributed by atoms with Crippen molar-refractivity contribution in [3.8, 4) is 38.1 Å². The minimum Gasteiger partial charge on any atom is -0.505 e. The van der Waals surface area contributed by atoms with Crippen LogP contribution in [0.3, 0.4) is 0 Å². The van der Waals surface area contributed by atoms with Crippen LogP contribution in [-0.4, -0.2) is 29.4 Å². The van der Waals surface area contributed by atoms with Gasteiger partial charge in [-0.05, 0) is 72.5 Å². The van der Waals surface area contributed by atoms with E-state index in [1.165, 1.54) is 11.8 Å². The Morgan fingerprint density at radius 2 is 1.65 bits per heavy atom. The topological polar surface area (TPSA) is 71.8 Å². The summed E-state index contributed by atoms with van der Waals surface area (Å²) in [5.74, 6) is 2.20. The largest absolute Gasteiger partial charge is 0.505 e. The van der Waals surface area contributed by atoms with E-state index >= 15 is 0 Å². The zero-order valence-electron chi connectivity index (χ0n) is 19.5. The summed E-state index contributed by atoms with van der Waals surface area (Å²) in [6.07, 6.45) is 1.68. The third-order valence-electron chi connectivity index (χ3n) is 5.45. The summed E-state index contributed by atoms with van der Waals surface area (Å²) in [6.45, 7) is 3.56. The Hall–Kier alpha value is -3.00. The molecule has 0 atom stereocenters. The van der Waals surface area contributed by atoms with E-state index in [0.29, 0.717) is 22.3 Å². The second-order valence-corrected chi connectivity index (χ2v) is 10.3. The van der Waals surface area contributed by atoms with Gasteiger partial charge in [0, 0.05) is 21.7 Å². The molecular weight excluding hydrogens is 466 g/mol. The molecule has 0 saturated carbocycles. The van der Waals surface area contributed by atoms with Gasteiger partial charge in [0.2, 0.25) is 0 Å². The van der Waals surface area contributed by atoms with E-state index < -0.39 is 5.60 Å². The smallest absolute Gasteiger partial charge is 0.161 e. The highest BCUT2D eigenvalue weighted by molar-refractivity contribution is 7.98. The average Bonchev–Trinajstić information content (AvgIpc) is 3.27. The van der Waals surface area contributed by atoms with E-state index in [-0.39, 0.29) is 5.75 Å². The third kappa shape index (κ3) is 5.22. The van der Waals surface area contributed by atoms with Crippen LogP contribution in [0.4, 0.5) is 0 Å². The predicted octanol–water partition coefficient (Wildman–Crippen LogP) is 6.72. The number of thioether (sulfide) groups is 1. The van der Waals surface area contributed by atoms with Gasteiger partial charge in [0.05, 0.1) is 19.8 Å². The molecule has 0 aliphatic heterocycles. The standard InChI is InChI=1S/C27H27NO4S2/c1-27(2,30)20-10-7-17(8-11-20)25-19(16-33-26-21(29)6-5-13-28-26)15-24(34-25)18-9-12-22(31-3)23(14-18)32-4/h5-15,29-30H,16H2,1-4H3. The van der Waals surface area contributed by atoms with Crippen molar-refractivity contribution in [3.05, 3.63) is 78.0 Å². The van der Waals surface area contributed by atoms with Crippen molar-refractivity contribution >= 4 is 23.1 Å². The summed E-state index contributed by atoms with van der Waals surface area (Å²) in [4.78, 5) is 6.53. The molecular formula is C27H27NO4S2. The Morgan fingerprint density at radius 1 is 0.941 bits per heavy atom. The fourth-order valence-electron chi connectivity index (χ4n) is 3.58. The second kappa shape index (κ2) is 10.1. The molecule has 2 aromatic carbocycles. The molecule has 4 aromatic rings. The molecule has 34 heavy (non-hydrogen) atoms. The number of thiophene rings is 1. The van der Waals surface area contributed by atoms with E-state index in [1.807, 2.05) is 42.5 Å². The molecule has 0 aliphatic carbocycles. The molecule has 2 aromatic heterocycles. The molecule has 4 rings (SSSR count). The van der Waals surface area contributed by atoms with Gasteiger partial charge in [0.25, 0.3) is 0 Å². The van der Waals surface area contributed by atoms with Gasteiger partial charge in [-0.25, -0.2) is 4.98 Å². The highest BCUT2D eigenvalue weighted by Crippen LogP contribution is 2.43. The van der Waals surface area contributed by atoms with Gasteiger partial charge in [-0.15, -0.1) is 11.3 Å². The van der Waals surface area contributed by atoms with E-state index in [1.54, 1.807) is 57.7 Å². The maximum absolute atomic E-state index is 10.3. The fraction of sp³-hybridized carbons (Fsp3) is 0.222. The zero-order valence-corrected chi connectivity index (χ0v) is 21.2. The molecule has 0 amide bonds. The molecule has 0 aliphatic rings. The molecule has 0 fully saturated rings. The average molecular weight is 494 g/mol.